The van der Waals surface area contributed by atoms with Crippen LogP contribution < -0.4 is 10.6 Å². The number of pyridine rings is 1. The molecule has 1 aliphatic rings. The van der Waals surface area contributed by atoms with E-state index in [1.165, 1.54) is 0 Å². The predicted molar refractivity (Wildman–Crippen MR) is 97.8 cm³/mol. The van der Waals surface area contributed by atoms with E-state index >= 15 is 0 Å². The minimum Gasteiger partial charge on any atom is -0.372 e. The minimum absolute atomic E-state index is 0.0236. The monoisotopic (exact) mass is 348 g/mol. The third kappa shape index (κ3) is 4.99. The predicted octanol–water partition coefficient (Wildman–Crippen LogP) is 1.89. The van der Waals surface area contributed by atoms with Crippen molar-refractivity contribution in [3.8, 4) is 0 Å². The second kappa shape index (κ2) is 8.19. The molecule has 2 N–H and O–H groups in total. The van der Waals surface area contributed by atoms with Crippen LogP contribution in [0.1, 0.15) is 31.2 Å². The van der Waals surface area contributed by atoms with Gasteiger partial charge in [-0.05, 0) is 44.2 Å². The highest BCUT2D eigenvalue weighted by Gasteiger charge is 2.27. The second-order valence-electron chi connectivity index (χ2n) is 6.43. The summed E-state index contributed by atoms with van der Waals surface area (Å²) in [6.07, 6.45) is 5.18. The van der Waals surface area contributed by atoms with Crippen molar-refractivity contribution in [2.24, 2.45) is 5.92 Å². The van der Waals surface area contributed by atoms with Gasteiger partial charge in [-0.25, -0.2) is 4.98 Å². The number of hydrogen-bond acceptors (Lipinski definition) is 4. The second-order valence-corrected chi connectivity index (χ2v) is 6.85. The van der Waals surface area contributed by atoms with Crippen molar-refractivity contribution in [3.05, 3.63) is 23.9 Å². The normalized spacial score (nSPS) is 20.1. The lowest BCUT2D eigenvalue weighted by Crippen LogP contribution is -2.44. The molecule has 1 aromatic heterocycles. The quantitative estimate of drug-likeness (QED) is 0.645. The van der Waals surface area contributed by atoms with Gasteiger partial charge in [-0.2, -0.15) is 0 Å². The van der Waals surface area contributed by atoms with Crippen LogP contribution in [0.25, 0.3) is 0 Å². The van der Waals surface area contributed by atoms with Crippen molar-refractivity contribution in [2.75, 3.05) is 19.4 Å². The zero-order valence-electron chi connectivity index (χ0n) is 14.3. The average molecular weight is 348 g/mol. The Kier molecular flexibility index (Phi) is 6.25. The van der Waals surface area contributed by atoms with E-state index in [9.17, 15) is 9.59 Å². The SMILES string of the molecule is Cc1ccc(NC(=O)C(=O)NC2CCC(C(=S)N(C)C)CC2)nc1. The number of aryl methyl sites for hydroxylation is 1. The molecule has 1 aliphatic carbocycles. The highest BCUT2D eigenvalue weighted by Crippen LogP contribution is 2.26. The Hall–Kier alpha value is -2.02. The molecule has 24 heavy (non-hydrogen) atoms. The van der Waals surface area contributed by atoms with Crippen molar-refractivity contribution in [1.82, 2.24) is 15.2 Å². The molecule has 2 rings (SSSR count). The van der Waals surface area contributed by atoms with Crippen LogP contribution in [0.3, 0.4) is 0 Å². The molecule has 0 bridgehead atoms. The number of rotatable bonds is 3. The number of nitrogens with one attached hydrogen (secondary N) is 2. The Bertz CT molecular complexity index is 608. The Morgan fingerprint density at radius 1 is 1.17 bits per heavy atom. The molecule has 130 valence electrons. The van der Waals surface area contributed by atoms with Crippen LogP contribution in [0, 0.1) is 12.8 Å². The minimum atomic E-state index is -0.683. The molecular weight excluding hydrogens is 324 g/mol. The maximum atomic E-state index is 12.0. The smallest absolute Gasteiger partial charge is 0.314 e. The molecule has 1 fully saturated rings. The fourth-order valence-corrected chi connectivity index (χ4v) is 3.05. The number of aromatic nitrogens is 1. The molecule has 0 atom stereocenters. The van der Waals surface area contributed by atoms with Crippen LogP contribution in [0.4, 0.5) is 5.82 Å². The van der Waals surface area contributed by atoms with Crippen molar-refractivity contribution < 1.29 is 9.59 Å². The lowest BCUT2D eigenvalue weighted by molar-refractivity contribution is -0.136. The number of carbonyl (C=O) groups is 2. The van der Waals surface area contributed by atoms with Crippen molar-refractivity contribution in [1.29, 1.82) is 0 Å². The van der Waals surface area contributed by atoms with Gasteiger partial charge in [0.1, 0.15) is 5.82 Å². The van der Waals surface area contributed by atoms with Gasteiger partial charge in [-0.15, -0.1) is 0 Å². The number of nitrogens with zero attached hydrogens (tertiary/aromatic N) is 2. The molecule has 0 radical (unpaired) electrons. The van der Waals surface area contributed by atoms with Crippen LogP contribution in [-0.4, -0.2) is 46.8 Å². The summed E-state index contributed by atoms with van der Waals surface area (Å²) in [4.78, 5) is 31.0. The molecule has 0 aromatic carbocycles. The fraction of sp³-hybridized carbons (Fsp3) is 0.529. The molecule has 6 nitrogen and oxygen atoms in total. The Morgan fingerprint density at radius 3 is 2.38 bits per heavy atom. The van der Waals surface area contributed by atoms with Gasteiger partial charge in [-0.1, -0.05) is 18.3 Å². The first-order chi connectivity index (χ1) is 11.4. The van der Waals surface area contributed by atoms with E-state index in [4.69, 9.17) is 12.2 Å². The third-order valence-electron chi connectivity index (χ3n) is 4.21. The maximum Gasteiger partial charge on any atom is 0.314 e. The number of thiocarbonyl (C=S) groups is 1. The Morgan fingerprint density at radius 2 is 1.83 bits per heavy atom. The maximum absolute atomic E-state index is 12.0. The first-order valence-electron chi connectivity index (χ1n) is 8.12. The lowest BCUT2D eigenvalue weighted by atomic mass is 9.85. The Labute approximate surface area is 148 Å². The molecule has 7 heteroatoms. The molecule has 0 spiro atoms. The highest BCUT2D eigenvalue weighted by molar-refractivity contribution is 7.80. The molecule has 2 amide bonds. The van der Waals surface area contributed by atoms with E-state index in [1.54, 1.807) is 12.3 Å². The van der Waals surface area contributed by atoms with Crippen molar-refractivity contribution in [3.63, 3.8) is 0 Å². The topological polar surface area (TPSA) is 74.3 Å². The summed E-state index contributed by atoms with van der Waals surface area (Å²) in [7, 11) is 3.92. The first kappa shape index (κ1) is 18.3. The standard InChI is InChI=1S/C17H24N4O2S/c1-11-4-9-14(18-10-11)20-16(23)15(22)19-13-7-5-12(6-8-13)17(24)21(2)3/h4,9-10,12-13H,5-8H2,1-3H3,(H,19,22)(H,18,20,23). The summed E-state index contributed by atoms with van der Waals surface area (Å²) in [5, 5.41) is 5.31. The first-order valence-corrected chi connectivity index (χ1v) is 8.53. The zero-order valence-corrected chi connectivity index (χ0v) is 15.2. The van der Waals surface area contributed by atoms with E-state index in [1.807, 2.05) is 32.0 Å². The van der Waals surface area contributed by atoms with Gasteiger partial charge in [0.05, 0.1) is 4.99 Å². The third-order valence-corrected chi connectivity index (χ3v) is 4.91. The molecule has 0 saturated heterocycles. The summed E-state index contributed by atoms with van der Waals surface area (Å²) in [5.74, 6) is -0.539. The summed E-state index contributed by atoms with van der Waals surface area (Å²) in [6.45, 7) is 1.91. The number of anilines is 1. The molecular formula is C17H24N4O2S. The molecule has 1 heterocycles. The number of carbonyl (C=O) groups excluding carboxylic acids is 2. The van der Waals surface area contributed by atoms with E-state index in [-0.39, 0.29) is 6.04 Å². The van der Waals surface area contributed by atoms with Gasteiger partial charge >= 0.3 is 11.8 Å². The van der Waals surface area contributed by atoms with E-state index in [0.29, 0.717) is 11.7 Å². The number of hydrogen-bond donors (Lipinski definition) is 2. The summed E-state index contributed by atoms with van der Waals surface area (Å²) in [6, 6.07) is 3.53. The van der Waals surface area contributed by atoms with Gasteiger partial charge in [0.25, 0.3) is 0 Å². The van der Waals surface area contributed by atoms with Crippen LogP contribution >= 0.6 is 12.2 Å². The molecule has 0 unspecified atom stereocenters. The number of amides is 2. The largest absolute Gasteiger partial charge is 0.372 e. The van der Waals surface area contributed by atoms with Crippen LogP contribution in [-0.2, 0) is 9.59 Å². The van der Waals surface area contributed by atoms with Crippen LogP contribution in [0.15, 0.2) is 18.3 Å². The van der Waals surface area contributed by atoms with Gasteiger partial charge in [-0.3, -0.25) is 9.59 Å². The molecule has 0 aliphatic heterocycles. The highest BCUT2D eigenvalue weighted by atomic mass is 32.1. The van der Waals surface area contributed by atoms with E-state index in [0.717, 1.165) is 36.2 Å². The van der Waals surface area contributed by atoms with Crippen LogP contribution in [0.2, 0.25) is 0 Å². The van der Waals surface area contributed by atoms with E-state index < -0.39 is 11.8 Å². The average Bonchev–Trinajstić information content (AvgIpc) is 2.56. The van der Waals surface area contributed by atoms with Gasteiger partial charge < -0.3 is 15.5 Å². The summed E-state index contributed by atoms with van der Waals surface area (Å²) < 4.78 is 0. The van der Waals surface area contributed by atoms with Crippen LogP contribution in [0.5, 0.6) is 0 Å². The molecule has 1 saturated carbocycles. The van der Waals surface area contributed by atoms with Gasteiger partial charge in [0.2, 0.25) is 0 Å². The van der Waals surface area contributed by atoms with Gasteiger partial charge in [0, 0.05) is 32.3 Å². The lowest BCUT2D eigenvalue weighted by Gasteiger charge is -2.31. The van der Waals surface area contributed by atoms with Gasteiger partial charge in [0.15, 0.2) is 0 Å². The molecule has 1 aromatic rings. The summed E-state index contributed by atoms with van der Waals surface area (Å²) >= 11 is 5.42. The summed E-state index contributed by atoms with van der Waals surface area (Å²) in [5.41, 5.74) is 0.991. The fourth-order valence-electron chi connectivity index (χ4n) is 2.82. The van der Waals surface area contributed by atoms with Crippen molar-refractivity contribution in [2.45, 2.75) is 38.6 Å². The Balaban J connectivity index is 1.79. The zero-order chi connectivity index (χ0) is 17.7. The van der Waals surface area contributed by atoms with Crippen molar-refractivity contribution >= 4 is 34.8 Å². The van der Waals surface area contributed by atoms with E-state index in [2.05, 4.69) is 15.6 Å².